The largest absolute Gasteiger partial charge is 0.0885 e. The summed E-state index contributed by atoms with van der Waals surface area (Å²) in [4.78, 5) is 0. The predicted octanol–water partition coefficient (Wildman–Crippen LogP) is 9.79. The van der Waals surface area contributed by atoms with Crippen molar-refractivity contribution in [3.8, 4) is 0 Å². The predicted molar refractivity (Wildman–Crippen MR) is 121 cm³/mol. The Morgan fingerprint density at radius 2 is 0.615 bits per heavy atom. The molecular formula is C26H50. The number of allylic oxidation sites excluding steroid dienone is 2. The van der Waals surface area contributed by atoms with Gasteiger partial charge in [-0.2, -0.15) is 0 Å². The Bertz CT molecular complexity index is 253. The number of unbranched alkanes of at least 4 members (excludes halogenated alkanes) is 20. The first-order valence-electron chi connectivity index (χ1n) is 12.1. The van der Waals surface area contributed by atoms with Gasteiger partial charge in [-0.25, -0.2) is 0 Å². The van der Waals surface area contributed by atoms with Gasteiger partial charge in [-0.05, 0) is 25.7 Å². The molecule has 0 saturated carbocycles. The van der Waals surface area contributed by atoms with Crippen molar-refractivity contribution in [1.82, 2.24) is 0 Å². The van der Waals surface area contributed by atoms with Gasteiger partial charge in [0.15, 0.2) is 0 Å². The van der Waals surface area contributed by atoms with Crippen LogP contribution in [0.4, 0.5) is 0 Å². The van der Waals surface area contributed by atoms with Crippen molar-refractivity contribution in [2.75, 3.05) is 0 Å². The summed E-state index contributed by atoms with van der Waals surface area (Å²) in [5, 5.41) is 0. The standard InChI is InChI=1S/C26H50/c1-3-5-7-9-11-13-15-17-19-21-23-25-26-24-22-20-18-16-14-12-10-8-6-4-2/h7,9H,1-6,8,10-26H2. The lowest BCUT2D eigenvalue weighted by Crippen LogP contribution is -1.84. The fraction of sp³-hybridized carbons (Fsp3) is 0.846. The Hall–Kier alpha value is -0.260. The molecule has 0 aliphatic rings. The highest BCUT2D eigenvalue weighted by atomic mass is 14.0. The van der Waals surface area contributed by atoms with Crippen LogP contribution in [-0.4, -0.2) is 0 Å². The molecule has 0 aromatic rings. The molecule has 0 heterocycles. The highest BCUT2D eigenvalue weighted by Crippen LogP contribution is 2.14. The molecule has 0 spiro atoms. The van der Waals surface area contributed by atoms with Crippen LogP contribution in [0.5, 0.6) is 0 Å². The first-order chi connectivity index (χ1) is 12.9. The highest BCUT2D eigenvalue weighted by Gasteiger charge is 1.95. The molecule has 0 amide bonds. The molecule has 0 aromatic heterocycles. The molecule has 0 N–H and O–H groups in total. The van der Waals surface area contributed by atoms with E-state index in [1.54, 1.807) is 0 Å². The summed E-state index contributed by atoms with van der Waals surface area (Å²) in [6.07, 6.45) is 35.2. The lowest BCUT2D eigenvalue weighted by atomic mass is 10.0. The minimum atomic E-state index is 1.04. The Kier molecular flexibility index (Phi) is 24.5. The summed E-state index contributed by atoms with van der Waals surface area (Å²) in [7, 11) is 0. The van der Waals surface area contributed by atoms with Gasteiger partial charge in [0.1, 0.15) is 0 Å². The summed E-state index contributed by atoms with van der Waals surface area (Å²) in [5.41, 5.74) is 0. The molecule has 0 saturated heterocycles. The lowest BCUT2D eigenvalue weighted by Gasteiger charge is -2.03. The van der Waals surface area contributed by atoms with Crippen molar-refractivity contribution in [2.45, 2.75) is 141 Å². The number of hydrogen-bond acceptors (Lipinski definition) is 0. The quantitative estimate of drug-likeness (QED) is 0.133. The summed E-state index contributed by atoms with van der Waals surface area (Å²) in [6, 6.07) is 0. The molecular weight excluding hydrogens is 312 g/mol. The van der Waals surface area contributed by atoms with Crippen LogP contribution in [0.15, 0.2) is 12.2 Å². The van der Waals surface area contributed by atoms with Crippen LogP contribution in [0.2, 0.25) is 0 Å². The fourth-order valence-electron chi connectivity index (χ4n) is 3.62. The maximum absolute atomic E-state index is 3.91. The van der Waals surface area contributed by atoms with Gasteiger partial charge in [0.2, 0.25) is 0 Å². The molecule has 0 aromatic carbocycles. The Balaban J connectivity index is 2.99. The third kappa shape index (κ3) is 23.7. The third-order valence-corrected chi connectivity index (χ3v) is 5.41. The second-order valence-corrected chi connectivity index (χ2v) is 8.12. The van der Waals surface area contributed by atoms with Crippen LogP contribution in [0.3, 0.4) is 0 Å². The van der Waals surface area contributed by atoms with E-state index in [-0.39, 0.29) is 0 Å². The van der Waals surface area contributed by atoms with E-state index in [1.807, 2.05) is 0 Å². The zero-order chi connectivity index (χ0) is 19.0. The summed E-state index contributed by atoms with van der Waals surface area (Å²) in [5.74, 6) is 0. The van der Waals surface area contributed by atoms with E-state index in [0.717, 1.165) is 19.3 Å². The van der Waals surface area contributed by atoms with Crippen LogP contribution < -0.4 is 0 Å². The molecule has 0 nitrogen and oxygen atoms in total. The molecule has 0 fully saturated rings. The molecule has 26 heavy (non-hydrogen) atoms. The van der Waals surface area contributed by atoms with E-state index in [1.165, 1.54) is 122 Å². The SMILES string of the molecule is [CH2]CCC=CCCCCCCCCCCCCCCCCCCCC[CH2]. The van der Waals surface area contributed by atoms with E-state index < -0.39 is 0 Å². The van der Waals surface area contributed by atoms with Crippen molar-refractivity contribution in [1.29, 1.82) is 0 Å². The van der Waals surface area contributed by atoms with Gasteiger partial charge in [0.25, 0.3) is 0 Å². The maximum atomic E-state index is 3.91. The van der Waals surface area contributed by atoms with Gasteiger partial charge < -0.3 is 0 Å². The second kappa shape index (κ2) is 24.7. The van der Waals surface area contributed by atoms with Crippen LogP contribution in [0, 0.1) is 13.8 Å². The molecule has 0 aliphatic heterocycles. The van der Waals surface area contributed by atoms with E-state index in [9.17, 15) is 0 Å². The highest BCUT2D eigenvalue weighted by molar-refractivity contribution is 4.81. The van der Waals surface area contributed by atoms with Crippen molar-refractivity contribution in [2.24, 2.45) is 0 Å². The molecule has 0 bridgehead atoms. The zero-order valence-corrected chi connectivity index (χ0v) is 18.1. The minimum Gasteiger partial charge on any atom is -0.0885 e. The van der Waals surface area contributed by atoms with E-state index >= 15 is 0 Å². The monoisotopic (exact) mass is 362 g/mol. The first kappa shape index (κ1) is 25.7. The minimum absolute atomic E-state index is 1.04. The molecule has 2 radical (unpaired) electrons. The van der Waals surface area contributed by atoms with Crippen LogP contribution in [0.1, 0.15) is 141 Å². The Labute approximate surface area is 167 Å². The molecule has 154 valence electrons. The smallest absolute Gasteiger partial charge is 0.0351 e. The summed E-state index contributed by atoms with van der Waals surface area (Å²) < 4.78 is 0. The van der Waals surface area contributed by atoms with Crippen molar-refractivity contribution in [3.05, 3.63) is 26.0 Å². The Morgan fingerprint density at radius 1 is 0.308 bits per heavy atom. The normalized spacial score (nSPS) is 11.6. The molecule has 0 unspecified atom stereocenters. The lowest BCUT2D eigenvalue weighted by molar-refractivity contribution is 0.524. The van der Waals surface area contributed by atoms with Gasteiger partial charge >= 0.3 is 0 Å². The summed E-state index contributed by atoms with van der Waals surface area (Å²) >= 11 is 0. The number of hydrogen-bond donors (Lipinski definition) is 0. The van der Waals surface area contributed by atoms with Gasteiger partial charge in [-0.3, -0.25) is 0 Å². The third-order valence-electron chi connectivity index (χ3n) is 5.41. The zero-order valence-electron chi connectivity index (χ0n) is 18.1. The first-order valence-corrected chi connectivity index (χ1v) is 12.1. The maximum Gasteiger partial charge on any atom is -0.0351 e. The number of rotatable bonds is 22. The van der Waals surface area contributed by atoms with E-state index in [2.05, 4.69) is 26.0 Å². The van der Waals surface area contributed by atoms with Crippen molar-refractivity contribution in [3.63, 3.8) is 0 Å². The molecule has 0 atom stereocenters. The fourth-order valence-corrected chi connectivity index (χ4v) is 3.62. The van der Waals surface area contributed by atoms with Crippen LogP contribution in [0.25, 0.3) is 0 Å². The van der Waals surface area contributed by atoms with Crippen molar-refractivity contribution >= 4 is 0 Å². The topological polar surface area (TPSA) is 0 Å². The average Bonchev–Trinajstić information content (AvgIpc) is 2.66. The molecule has 0 heteroatoms. The van der Waals surface area contributed by atoms with Gasteiger partial charge in [-0.15, -0.1) is 0 Å². The summed E-state index contributed by atoms with van der Waals surface area (Å²) in [6.45, 7) is 7.76. The van der Waals surface area contributed by atoms with E-state index in [4.69, 9.17) is 0 Å². The van der Waals surface area contributed by atoms with Crippen molar-refractivity contribution < 1.29 is 0 Å². The Morgan fingerprint density at radius 3 is 0.962 bits per heavy atom. The van der Waals surface area contributed by atoms with Gasteiger partial charge in [-0.1, -0.05) is 142 Å². The second-order valence-electron chi connectivity index (χ2n) is 8.12. The van der Waals surface area contributed by atoms with Gasteiger partial charge in [0.05, 0.1) is 0 Å². The average molecular weight is 363 g/mol. The van der Waals surface area contributed by atoms with Crippen LogP contribution in [-0.2, 0) is 0 Å². The van der Waals surface area contributed by atoms with Gasteiger partial charge in [0, 0.05) is 0 Å². The molecule has 0 aliphatic carbocycles. The van der Waals surface area contributed by atoms with E-state index in [0.29, 0.717) is 0 Å². The molecule has 0 rings (SSSR count). The van der Waals surface area contributed by atoms with Crippen LogP contribution >= 0.6 is 0 Å².